The van der Waals surface area contributed by atoms with E-state index >= 15 is 0 Å². The summed E-state index contributed by atoms with van der Waals surface area (Å²) in [5.41, 5.74) is 0.439. The van der Waals surface area contributed by atoms with Crippen molar-refractivity contribution < 1.29 is 13.2 Å². The molecule has 2 saturated heterocycles. The van der Waals surface area contributed by atoms with E-state index in [0.717, 1.165) is 38.9 Å². The lowest BCUT2D eigenvalue weighted by Crippen LogP contribution is -2.43. The number of carbonyl (C=O) groups is 1. The van der Waals surface area contributed by atoms with E-state index in [9.17, 15) is 13.2 Å². The lowest BCUT2D eigenvalue weighted by atomic mass is 9.85. The van der Waals surface area contributed by atoms with E-state index in [-0.39, 0.29) is 16.2 Å². The van der Waals surface area contributed by atoms with E-state index in [0.29, 0.717) is 37.7 Å². The molecular weight excluding hydrogens is 422 g/mol. The summed E-state index contributed by atoms with van der Waals surface area (Å²) >= 11 is 0. The topological polar surface area (TPSA) is 60.9 Å². The summed E-state index contributed by atoms with van der Waals surface area (Å²) in [5, 5.41) is 0. The fourth-order valence-corrected chi connectivity index (χ4v) is 6.41. The molecule has 0 aliphatic carbocycles. The lowest BCUT2D eigenvalue weighted by Gasteiger charge is -2.37. The SMILES string of the molecule is CC(C)CCN(CCN1CCCC1)C(=O)c1cccc(S(=O)(=O)N2CCCC(C)(C)C2)c1. The molecule has 0 N–H and O–H groups in total. The first kappa shape index (κ1) is 25.2. The number of likely N-dealkylation sites (tertiary alicyclic amines) is 1. The summed E-state index contributed by atoms with van der Waals surface area (Å²) in [6, 6.07) is 6.66. The number of carbonyl (C=O) groups excluding carboxylic acids is 1. The molecule has 1 aromatic rings. The number of sulfonamides is 1. The molecule has 2 heterocycles. The van der Waals surface area contributed by atoms with E-state index in [1.54, 1.807) is 28.6 Å². The van der Waals surface area contributed by atoms with Crippen LogP contribution in [0, 0.1) is 11.3 Å². The first-order chi connectivity index (χ1) is 15.1. The first-order valence-corrected chi connectivity index (χ1v) is 13.6. The number of hydrogen-bond donors (Lipinski definition) is 0. The summed E-state index contributed by atoms with van der Waals surface area (Å²) < 4.78 is 28.2. The van der Waals surface area contributed by atoms with Crippen LogP contribution in [0.3, 0.4) is 0 Å². The number of nitrogens with zero attached hydrogens (tertiary/aromatic N) is 3. The van der Waals surface area contributed by atoms with Gasteiger partial charge in [0.05, 0.1) is 4.90 Å². The molecule has 1 aromatic carbocycles. The standard InChI is InChI=1S/C25H41N3O3S/c1-21(2)11-16-27(18-17-26-13-5-6-14-26)24(29)22-9-7-10-23(19-22)32(30,31)28-15-8-12-25(3,4)20-28/h7,9-10,19,21H,5-6,8,11-18,20H2,1-4H3. The predicted octanol–water partition coefficient (Wildman–Crippen LogP) is 4.08. The van der Waals surface area contributed by atoms with Crippen molar-refractivity contribution in [3.05, 3.63) is 29.8 Å². The Morgan fingerprint density at radius 3 is 2.47 bits per heavy atom. The van der Waals surface area contributed by atoms with Crippen LogP contribution in [-0.2, 0) is 10.0 Å². The molecule has 2 aliphatic rings. The van der Waals surface area contributed by atoms with Gasteiger partial charge in [-0.1, -0.05) is 33.8 Å². The summed E-state index contributed by atoms with van der Waals surface area (Å²) in [6.07, 6.45) is 5.29. The van der Waals surface area contributed by atoms with Gasteiger partial charge in [0.1, 0.15) is 0 Å². The molecule has 180 valence electrons. The third kappa shape index (κ3) is 6.55. The number of rotatable bonds is 9. The van der Waals surface area contributed by atoms with Crippen LogP contribution in [0.25, 0.3) is 0 Å². The highest BCUT2D eigenvalue weighted by molar-refractivity contribution is 7.89. The second-order valence-corrected chi connectivity index (χ2v) is 12.6. The Kier molecular flexibility index (Phi) is 8.39. The molecule has 0 saturated carbocycles. The summed E-state index contributed by atoms with van der Waals surface area (Å²) in [7, 11) is -3.61. The second-order valence-electron chi connectivity index (χ2n) is 10.7. The molecule has 2 fully saturated rings. The maximum atomic E-state index is 13.4. The summed E-state index contributed by atoms with van der Waals surface area (Å²) in [5.74, 6) is 0.437. The summed E-state index contributed by atoms with van der Waals surface area (Å²) in [6.45, 7) is 14.1. The van der Waals surface area contributed by atoms with E-state index in [2.05, 4.69) is 32.6 Å². The first-order valence-electron chi connectivity index (χ1n) is 12.2. The molecular formula is C25H41N3O3S. The minimum absolute atomic E-state index is 0.0258. The molecule has 0 radical (unpaired) electrons. The Bertz CT molecular complexity index is 876. The van der Waals surface area contributed by atoms with Crippen molar-refractivity contribution in [2.24, 2.45) is 11.3 Å². The quantitative estimate of drug-likeness (QED) is 0.554. The zero-order chi connectivity index (χ0) is 23.4. The maximum Gasteiger partial charge on any atom is 0.253 e. The highest BCUT2D eigenvalue weighted by atomic mass is 32.2. The van der Waals surface area contributed by atoms with Crippen LogP contribution in [0.15, 0.2) is 29.2 Å². The maximum absolute atomic E-state index is 13.4. The molecule has 2 aliphatic heterocycles. The lowest BCUT2D eigenvalue weighted by molar-refractivity contribution is 0.0732. The average molecular weight is 464 g/mol. The van der Waals surface area contributed by atoms with Gasteiger partial charge in [-0.15, -0.1) is 0 Å². The molecule has 7 heteroatoms. The van der Waals surface area contributed by atoms with Gasteiger partial charge in [-0.25, -0.2) is 8.42 Å². The smallest absolute Gasteiger partial charge is 0.253 e. The average Bonchev–Trinajstić information content (AvgIpc) is 3.26. The Morgan fingerprint density at radius 1 is 1.09 bits per heavy atom. The van der Waals surface area contributed by atoms with Crippen LogP contribution in [0.5, 0.6) is 0 Å². The van der Waals surface area contributed by atoms with Gasteiger partial charge in [0, 0.05) is 38.3 Å². The van der Waals surface area contributed by atoms with Gasteiger partial charge in [0.15, 0.2) is 0 Å². The Morgan fingerprint density at radius 2 is 1.81 bits per heavy atom. The molecule has 32 heavy (non-hydrogen) atoms. The van der Waals surface area contributed by atoms with Crippen molar-refractivity contribution in [2.75, 3.05) is 45.8 Å². The normalized spacial score (nSPS) is 20.0. The molecule has 0 unspecified atom stereocenters. The third-order valence-electron chi connectivity index (χ3n) is 6.73. The number of benzene rings is 1. The summed E-state index contributed by atoms with van der Waals surface area (Å²) in [4.78, 5) is 18.0. The highest BCUT2D eigenvalue weighted by Crippen LogP contribution is 2.32. The van der Waals surface area contributed by atoms with Crippen LogP contribution < -0.4 is 0 Å². The van der Waals surface area contributed by atoms with E-state index in [1.807, 2.05) is 4.90 Å². The fraction of sp³-hybridized carbons (Fsp3) is 0.720. The van der Waals surface area contributed by atoms with Crippen molar-refractivity contribution in [3.63, 3.8) is 0 Å². The van der Waals surface area contributed by atoms with Gasteiger partial charge >= 0.3 is 0 Å². The van der Waals surface area contributed by atoms with Crippen molar-refractivity contribution in [2.45, 2.75) is 64.7 Å². The fourth-order valence-electron chi connectivity index (χ4n) is 4.69. The van der Waals surface area contributed by atoms with Crippen LogP contribution in [0.4, 0.5) is 0 Å². The number of hydrogen-bond acceptors (Lipinski definition) is 4. The van der Waals surface area contributed by atoms with Crippen LogP contribution in [-0.4, -0.2) is 74.2 Å². The highest BCUT2D eigenvalue weighted by Gasteiger charge is 2.34. The Balaban J connectivity index is 1.77. The van der Waals surface area contributed by atoms with Crippen LogP contribution in [0.2, 0.25) is 0 Å². The van der Waals surface area contributed by atoms with Crippen molar-refractivity contribution >= 4 is 15.9 Å². The van der Waals surface area contributed by atoms with Gasteiger partial charge in [-0.2, -0.15) is 4.31 Å². The van der Waals surface area contributed by atoms with Crippen molar-refractivity contribution in [3.8, 4) is 0 Å². The monoisotopic (exact) mass is 463 g/mol. The van der Waals surface area contributed by atoms with Gasteiger partial charge in [0.25, 0.3) is 5.91 Å². The second kappa shape index (κ2) is 10.7. The van der Waals surface area contributed by atoms with Crippen molar-refractivity contribution in [1.82, 2.24) is 14.1 Å². The Labute approximate surface area is 195 Å². The predicted molar refractivity (Wildman–Crippen MR) is 129 cm³/mol. The van der Waals surface area contributed by atoms with E-state index in [4.69, 9.17) is 0 Å². The molecule has 3 rings (SSSR count). The van der Waals surface area contributed by atoms with Crippen LogP contribution in [0.1, 0.15) is 70.2 Å². The molecule has 1 amide bonds. The zero-order valence-corrected chi connectivity index (χ0v) is 21.2. The van der Waals surface area contributed by atoms with Gasteiger partial charge in [-0.3, -0.25) is 4.79 Å². The third-order valence-corrected chi connectivity index (χ3v) is 8.57. The molecule has 0 spiro atoms. The van der Waals surface area contributed by atoms with Gasteiger partial charge < -0.3 is 9.80 Å². The van der Waals surface area contributed by atoms with E-state index in [1.165, 1.54) is 12.8 Å². The number of amides is 1. The van der Waals surface area contributed by atoms with Gasteiger partial charge in [0.2, 0.25) is 10.0 Å². The van der Waals surface area contributed by atoms with Crippen molar-refractivity contribution in [1.29, 1.82) is 0 Å². The minimum atomic E-state index is -3.61. The molecule has 6 nitrogen and oxygen atoms in total. The number of piperidine rings is 1. The molecule has 0 aromatic heterocycles. The molecule has 0 bridgehead atoms. The Hall–Kier alpha value is -1.44. The largest absolute Gasteiger partial charge is 0.337 e. The van der Waals surface area contributed by atoms with Gasteiger partial charge in [-0.05, 0) is 74.7 Å². The van der Waals surface area contributed by atoms with E-state index < -0.39 is 10.0 Å². The minimum Gasteiger partial charge on any atom is -0.337 e. The molecule has 0 atom stereocenters. The zero-order valence-electron chi connectivity index (χ0n) is 20.3. The van der Waals surface area contributed by atoms with Crippen LogP contribution >= 0.6 is 0 Å².